The lowest BCUT2D eigenvalue weighted by Gasteiger charge is -2.42. The molecule has 0 radical (unpaired) electrons. The Morgan fingerprint density at radius 3 is 2.44 bits per heavy atom. The van der Waals surface area contributed by atoms with Crippen LogP contribution < -0.4 is 19.5 Å². The van der Waals surface area contributed by atoms with Gasteiger partial charge in [0.05, 0.1) is 45.6 Å². The molecule has 36 heavy (non-hydrogen) atoms. The fourth-order valence-electron chi connectivity index (χ4n) is 5.69. The van der Waals surface area contributed by atoms with E-state index in [1.165, 1.54) is 19.8 Å². The van der Waals surface area contributed by atoms with E-state index in [0.717, 1.165) is 12.8 Å². The summed E-state index contributed by atoms with van der Waals surface area (Å²) >= 11 is 0. The van der Waals surface area contributed by atoms with Gasteiger partial charge in [0.15, 0.2) is 11.5 Å². The Bertz CT molecular complexity index is 986. The zero-order valence-corrected chi connectivity index (χ0v) is 22.3. The van der Waals surface area contributed by atoms with Gasteiger partial charge in [-0.3, -0.25) is 4.79 Å². The Morgan fingerprint density at radius 1 is 1.14 bits per heavy atom. The number of hydrogen-bond donors (Lipinski definition) is 1. The summed E-state index contributed by atoms with van der Waals surface area (Å²) in [6.45, 7) is 6.96. The van der Waals surface area contributed by atoms with Crippen LogP contribution in [0, 0.1) is 5.92 Å². The monoisotopic (exact) mass is 505 g/mol. The summed E-state index contributed by atoms with van der Waals surface area (Å²) in [7, 11) is 6.30. The van der Waals surface area contributed by atoms with E-state index in [2.05, 4.69) is 32.2 Å². The number of rotatable bonds is 11. The number of methoxy groups -OCH3 is 4. The van der Waals surface area contributed by atoms with Crippen LogP contribution in [0.5, 0.6) is 17.2 Å². The number of nitrogens with one attached hydrogen (secondary N) is 1. The van der Waals surface area contributed by atoms with Crippen molar-refractivity contribution in [2.24, 2.45) is 5.92 Å². The maximum atomic E-state index is 12.9. The van der Waals surface area contributed by atoms with Crippen molar-refractivity contribution in [3.05, 3.63) is 23.8 Å². The van der Waals surface area contributed by atoms with Gasteiger partial charge in [0.2, 0.25) is 5.75 Å². The molecule has 1 saturated carbocycles. The zero-order valence-electron chi connectivity index (χ0n) is 22.3. The lowest BCUT2D eigenvalue weighted by atomic mass is 9.68. The Labute approximate surface area is 213 Å². The first-order chi connectivity index (χ1) is 17.2. The van der Waals surface area contributed by atoms with Crippen LogP contribution in [0.2, 0.25) is 0 Å². The summed E-state index contributed by atoms with van der Waals surface area (Å²) < 4.78 is 40.4. The van der Waals surface area contributed by atoms with Crippen molar-refractivity contribution >= 4 is 11.7 Å². The Kier molecular flexibility index (Phi) is 7.73. The van der Waals surface area contributed by atoms with Gasteiger partial charge in [-0.25, -0.2) is 0 Å². The van der Waals surface area contributed by atoms with E-state index in [-0.39, 0.29) is 47.9 Å². The summed E-state index contributed by atoms with van der Waals surface area (Å²) in [4.78, 5) is 12.9. The van der Waals surface area contributed by atoms with E-state index in [4.69, 9.17) is 33.2 Å². The molecule has 9 heteroatoms. The highest BCUT2D eigenvalue weighted by Crippen LogP contribution is 2.59. The fraction of sp³-hybridized carbons (Fsp3) is 0.667. The second-order valence-corrected chi connectivity index (χ2v) is 10.1. The van der Waals surface area contributed by atoms with Crippen LogP contribution in [-0.4, -0.2) is 77.1 Å². The van der Waals surface area contributed by atoms with E-state index >= 15 is 0 Å². The van der Waals surface area contributed by atoms with Gasteiger partial charge in [0, 0.05) is 7.11 Å². The molecule has 2 heterocycles. The van der Waals surface area contributed by atoms with Crippen molar-refractivity contribution in [3.63, 3.8) is 0 Å². The highest BCUT2D eigenvalue weighted by molar-refractivity contribution is 5.77. The minimum atomic E-state index is -0.387. The molecular weight excluding hydrogens is 466 g/mol. The summed E-state index contributed by atoms with van der Waals surface area (Å²) in [6.07, 6.45) is 3.93. The Balaban J connectivity index is 1.43. The fourth-order valence-corrected chi connectivity index (χ4v) is 5.69. The summed E-state index contributed by atoms with van der Waals surface area (Å²) in [5.41, 5.74) is 1.23. The largest absolute Gasteiger partial charge is 0.493 e. The van der Waals surface area contributed by atoms with Crippen molar-refractivity contribution in [2.75, 3.05) is 46.9 Å². The van der Waals surface area contributed by atoms with Crippen LogP contribution >= 0.6 is 0 Å². The molecule has 0 unspecified atom stereocenters. The number of ether oxygens (including phenoxy) is 7. The first kappa shape index (κ1) is 26.6. The maximum absolute atomic E-state index is 12.9. The van der Waals surface area contributed by atoms with Crippen molar-refractivity contribution in [3.8, 4) is 17.2 Å². The molecule has 1 aromatic rings. The number of carbonyl (C=O) groups excluding carboxylic acids is 1. The minimum absolute atomic E-state index is 0.0176. The topological polar surface area (TPSA) is 100 Å². The number of hydrogen-bond acceptors (Lipinski definition) is 9. The third-order valence-corrected chi connectivity index (χ3v) is 7.65. The second-order valence-electron chi connectivity index (χ2n) is 10.1. The third kappa shape index (κ3) is 5.01. The highest BCUT2D eigenvalue weighted by atomic mass is 16.6. The molecule has 6 atom stereocenters. The summed E-state index contributed by atoms with van der Waals surface area (Å²) in [5, 5.41) is 3.10. The number of allylic oxidation sites excluding steroid dienone is 1. The molecule has 4 rings (SSSR count). The van der Waals surface area contributed by atoms with Crippen LogP contribution in [-0.2, 0) is 23.7 Å². The first-order valence-corrected chi connectivity index (χ1v) is 12.4. The van der Waals surface area contributed by atoms with Crippen LogP contribution in [0.3, 0.4) is 0 Å². The van der Waals surface area contributed by atoms with E-state index in [1.807, 2.05) is 0 Å². The van der Waals surface area contributed by atoms with Gasteiger partial charge >= 0.3 is 5.97 Å². The molecule has 2 saturated heterocycles. The number of esters is 1. The maximum Gasteiger partial charge on any atom is 0.325 e. The van der Waals surface area contributed by atoms with Crippen LogP contribution in [0.25, 0.3) is 0 Å². The van der Waals surface area contributed by atoms with Gasteiger partial charge < -0.3 is 38.5 Å². The summed E-state index contributed by atoms with van der Waals surface area (Å²) in [5.74, 6) is 1.03. The first-order valence-electron chi connectivity index (χ1n) is 12.4. The third-order valence-electron chi connectivity index (χ3n) is 7.65. The van der Waals surface area contributed by atoms with Crippen molar-refractivity contribution < 1.29 is 38.0 Å². The van der Waals surface area contributed by atoms with Crippen LogP contribution in [0.1, 0.15) is 40.0 Å². The molecule has 2 aliphatic heterocycles. The predicted molar refractivity (Wildman–Crippen MR) is 134 cm³/mol. The normalized spacial score (nSPS) is 32.4. The van der Waals surface area contributed by atoms with E-state index in [1.54, 1.807) is 26.4 Å². The SMILES string of the molecule is COc1ccc(NCC(=O)O[C@@H]2CC[C@]3(CO3)[C@@H]([C@@]3(C)O[C@@H]3CC=C(C)C)[C@@H]2OC)c(OC)c1OC. The van der Waals surface area contributed by atoms with Gasteiger partial charge in [0.25, 0.3) is 0 Å². The predicted octanol–water partition coefficient (Wildman–Crippen LogP) is 3.74. The van der Waals surface area contributed by atoms with Crippen molar-refractivity contribution in [1.82, 2.24) is 0 Å². The highest BCUT2D eigenvalue weighted by Gasteiger charge is 2.72. The molecular formula is C27H39NO8. The Morgan fingerprint density at radius 2 is 1.86 bits per heavy atom. The van der Waals surface area contributed by atoms with Crippen molar-refractivity contribution in [1.29, 1.82) is 0 Å². The van der Waals surface area contributed by atoms with Gasteiger partial charge in [-0.15, -0.1) is 0 Å². The van der Waals surface area contributed by atoms with Crippen molar-refractivity contribution in [2.45, 2.75) is 69.5 Å². The lowest BCUT2D eigenvalue weighted by Crippen LogP contribution is -2.55. The standard InChI is InChI=1S/C27H39NO8/c1-16(2)8-11-20-26(3,36-20)25-24(33-7)19(12-13-27(25)15-34-27)35-21(29)14-28-17-9-10-18(30-4)23(32-6)22(17)31-5/h8-10,19-20,24-25,28H,11-15H2,1-7H3/t19-,20-,24-,25-,26+,27+/m1/s1. The van der Waals surface area contributed by atoms with Gasteiger partial charge in [-0.2, -0.15) is 0 Å². The minimum Gasteiger partial charge on any atom is -0.493 e. The molecule has 0 amide bonds. The quantitative estimate of drug-likeness (QED) is 0.274. The molecule has 0 bridgehead atoms. The zero-order chi connectivity index (χ0) is 26.1. The molecule has 200 valence electrons. The number of epoxide rings is 2. The van der Waals surface area contributed by atoms with Gasteiger partial charge in [-0.1, -0.05) is 11.6 Å². The molecule has 1 aliphatic carbocycles. The molecule has 1 N–H and O–H groups in total. The van der Waals surface area contributed by atoms with E-state index < -0.39 is 0 Å². The van der Waals surface area contributed by atoms with Gasteiger partial charge in [-0.05, 0) is 52.2 Å². The molecule has 3 fully saturated rings. The number of benzene rings is 1. The molecule has 1 aromatic carbocycles. The lowest BCUT2D eigenvalue weighted by molar-refractivity contribution is -0.170. The number of carbonyl (C=O) groups is 1. The smallest absolute Gasteiger partial charge is 0.325 e. The molecule has 0 aromatic heterocycles. The molecule has 1 spiro atoms. The van der Waals surface area contributed by atoms with E-state index in [0.29, 0.717) is 36.0 Å². The average molecular weight is 506 g/mol. The molecule has 9 nitrogen and oxygen atoms in total. The van der Waals surface area contributed by atoms with Crippen LogP contribution in [0.15, 0.2) is 23.8 Å². The second kappa shape index (κ2) is 10.5. The average Bonchev–Trinajstić information content (AvgIpc) is 3.78. The molecule has 3 aliphatic rings. The van der Waals surface area contributed by atoms with Gasteiger partial charge in [0.1, 0.15) is 30.0 Å². The van der Waals surface area contributed by atoms with Crippen LogP contribution in [0.4, 0.5) is 5.69 Å². The van der Waals surface area contributed by atoms with E-state index in [9.17, 15) is 4.79 Å². The number of anilines is 1. The Hall–Kier alpha value is -2.49. The summed E-state index contributed by atoms with van der Waals surface area (Å²) in [6, 6.07) is 3.52.